The minimum absolute atomic E-state index is 1.01. The zero-order valence-electron chi connectivity index (χ0n) is 46.7. The van der Waals surface area contributed by atoms with Crippen LogP contribution in [0, 0.1) is 0 Å². The van der Waals surface area contributed by atoms with Crippen molar-refractivity contribution in [2.75, 3.05) is 0 Å². The molecule has 0 saturated heterocycles. The minimum atomic E-state index is -3.06. The number of fused-ring (bicyclic) bond motifs is 11. The lowest BCUT2D eigenvalue weighted by Crippen LogP contribution is -2.74. The Kier molecular flexibility index (Phi) is 11.7. The van der Waals surface area contributed by atoms with Crippen molar-refractivity contribution < 1.29 is 0 Å². The summed E-state index contributed by atoms with van der Waals surface area (Å²) in [5, 5.41) is 19.5. The van der Waals surface area contributed by atoms with Crippen LogP contribution in [0.5, 0.6) is 0 Å². The Hall–Kier alpha value is -10.2. The molecular formula is C82H55NSSi. The normalized spacial score (nSPS) is 12.6. The van der Waals surface area contributed by atoms with E-state index >= 15 is 0 Å². The first-order valence-corrected chi connectivity index (χ1v) is 32.5. The van der Waals surface area contributed by atoms with Crippen molar-refractivity contribution in [1.29, 1.82) is 0 Å². The fourth-order valence-electron chi connectivity index (χ4n) is 14.5. The summed E-state index contributed by atoms with van der Waals surface area (Å²) in [7, 11) is -3.06. The molecule has 0 unspecified atom stereocenters. The van der Waals surface area contributed by atoms with Gasteiger partial charge in [-0.25, -0.2) is 0 Å². The van der Waals surface area contributed by atoms with E-state index in [9.17, 15) is 0 Å². The first-order chi connectivity index (χ1) is 42.1. The highest BCUT2D eigenvalue weighted by Crippen LogP contribution is 2.45. The molecule has 0 aliphatic heterocycles. The lowest BCUT2D eigenvalue weighted by atomic mass is 9.90. The molecule has 16 aromatic rings. The molecule has 0 fully saturated rings. The highest BCUT2D eigenvalue weighted by Gasteiger charge is 2.43. The molecule has 398 valence electrons. The molecule has 1 aliphatic carbocycles. The number of hydrogen-bond donors (Lipinski definition) is 0. The fraction of sp³-hybridized carbons (Fsp3) is 0.0244. The van der Waals surface area contributed by atoms with Gasteiger partial charge in [-0.3, -0.25) is 0 Å². The van der Waals surface area contributed by atoms with Gasteiger partial charge in [0, 0.05) is 48.1 Å². The summed E-state index contributed by atoms with van der Waals surface area (Å²) in [6.07, 6.45) is 6.73. The molecule has 14 aromatic carbocycles. The van der Waals surface area contributed by atoms with Crippen molar-refractivity contribution in [2.45, 2.75) is 12.8 Å². The molecule has 0 bridgehead atoms. The Balaban J connectivity index is 0.799. The Labute approximate surface area is 499 Å². The van der Waals surface area contributed by atoms with Gasteiger partial charge >= 0.3 is 0 Å². The zero-order valence-corrected chi connectivity index (χ0v) is 48.5. The van der Waals surface area contributed by atoms with Crippen LogP contribution in [0.2, 0.25) is 0 Å². The molecule has 17 rings (SSSR count). The van der Waals surface area contributed by atoms with E-state index in [2.05, 4.69) is 314 Å². The molecular weight excluding hydrogens is 1060 g/mol. The van der Waals surface area contributed by atoms with Gasteiger partial charge in [0.05, 0.1) is 5.52 Å². The molecule has 0 saturated carbocycles. The predicted octanol–water partition coefficient (Wildman–Crippen LogP) is 19.6. The van der Waals surface area contributed by atoms with Crippen LogP contribution in [0.25, 0.3) is 130 Å². The van der Waals surface area contributed by atoms with E-state index in [-0.39, 0.29) is 0 Å². The average Bonchev–Trinajstić information content (AvgIpc) is 2.96. The number of allylic oxidation sites excluding steroid dienone is 1. The first-order valence-electron chi connectivity index (χ1n) is 29.7. The van der Waals surface area contributed by atoms with Crippen molar-refractivity contribution >= 4 is 120 Å². The summed E-state index contributed by atoms with van der Waals surface area (Å²) in [5.74, 6) is 0. The fourth-order valence-corrected chi connectivity index (χ4v) is 21.2. The largest absolute Gasteiger partial charge is 0.313 e. The van der Waals surface area contributed by atoms with E-state index in [1.54, 1.807) is 0 Å². The number of nitrogens with zero attached hydrogens (tertiary/aromatic N) is 1. The number of para-hydroxylation sites is 1. The van der Waals surface area contributed by atoms with Gasteiger partial charge in [-0.2, -0.15) is 0 Å². The second-order valence-electron chi connectivity index (χ2n) is 22.9. The van der Waals surface area contributed by atoms with Crippen LogP contribution < -0.4 is 20.7 Å². The number of rotatable bonds is 9. The van der Waals surface area contributed by atoms with E-state index in [0.717, 1.165) is 12.8 Å². The summed E-state index contributed by atoms with van der Waals surface area (Å²) in [5.41, 5.74) is 15.1. The van der Waals surface area contributed by atoms with Gasteiger partial charge < -0.3 is 4.57 Å². The van der Waals surface area contributed by atoms with Crippen LogP contribution in [0.15, 0.2) is 303 Å². The maximum absolute atomic E-state index is 3.06. The Morgan fingerprint density at radius 1 is 0.318 bits per heavy atom. The van der Waals surface area contributed by atoms with Crippen molar-refractivity contribution in [3.63, 3.8) is 0 Å². The van der Waals surface area contributed by atoms with E-state index in [1.165, 1.54) is 156 Å². The van der Waals surface area contributed by atoms with Gasteiger partial charge in [0.1, 0.15) is 0 Å². The van der Waals surface area contributed by atoms with Crippen molar-refractivity contribution in [3.8, 4) is 50.2 Å². The van der Waals surface area contributed by atoms with Crippen LogP contribution in [0.4, 0.5) is 0 Å². The lowest BCUT2D eigenvalue weighted by molar-refractivity contribution is 0.889. The number of hydrogen-bond acceptors (Lipinski definition) is 1. The summed E-state index contributed by atoms with van der Waals surface area (Å²) < 4.78 is 5.22. The second kappa shape index (κ2) is 20.0. The number of benzene rings is 14. The molecule has 0 atom stereocenters. The Bertz CT molecular complexity index is 5340. The minimum Gasteiger partial charge on any atom is -0.313 e. The molecule has 2 aromatic heterocycles. The third-order valence-corrected chi connectivity index (χ3v) is 24.6. The maximum atomic E-state index is 2.56. The van der Waals surface area contributed by atoms with Gasteiger partial charge in [-0.1, -0.05) is 255 Å². The van der Waals surface area contributed by atoms with E-state index in [1.807, 2.05) is 11.3 Å². The van der Waals surface area contributed by atoms with Gasteiger partial charge in [0.15, 0.2) is 8.07 Å². The predicted molar refractivity (Wildman–Crippen MR) is 369 cm³/mol. The smallest absolute Gasteiger partial charge is 0.181 e. The molecule has 0 spiro atoms. The van der Waals surface area contributed by atoms with Crippen molar-refractivity contribution in [2.24, 2.45) is 0 Å². The number of aromatic nitrogens is 1. The van der Waals surface area contributed by atoms with Crippen LogP contribution in [0.1, 0.15) is 17.7 Å². The Morgan fingerprint density at radius 2 is 0.882 bits per heavy atom. The van der Waals surface area contributed by atoms with Gasteiger partial charge in [0.25, 0.3) is 0 Å². The third kappa shape index (κ3) is 7.96. The zero-order chi connectivity index (χ0) is 56.0. The van der Waals surface area contributed by atoms with E-state index in [0.29, 0.717) is 0 Å². The summed E-state index contributed by atoms with van der Waals surface area (Å²) in [6.45, 7) is 0. The highest BCUT2D eigenvalue weighted by atomic mass is 32.1. The average molecular weight is 1110 g/mol. The summed E-state index contributed by atoms with van der Waals surface area (Å²) in [4.78, 5) is 0. The monoisotopic (exact) mass is 1110 g/mol. The molecule has 0 N–H and O–H groups in total. The molecule has 1 nitrogen and oxygen atoms in total. The molecule has 1 aliphatic rings. The van der Waals surface area contributed by atoms with Crippen molar-refractivity contribution in [3.05, 3.63) is 315 Å². The van der Waals surface area contributed by atoms with Crippen molar-refractivity contribution in [1.82, 2.24) is 4.57 Å². The SMILES string of the molecule is C1=Cc2c(n(-c3cccc([Si](c4ccccc4)(c4ccccc4)c4cccc5c4sc4c(-c6cc(-c7ccc8cc(-c9cccc(-c%10cc%11ccccc%11c%11ccccc%10%11)c9)ccc8c7)cc7ccccc67)cccc45)c3)c3ccccc23)CC1. The first kappa shape index (κ1) is 49.4. The molecule has 2 heterocycles. The van der Waals surface area contributed by atoms with Crippen LogP contribution >= 0.6 is 11.3 Å². The molecule has 0 radical (unpaired) electrons. The maximum Gasteiger partial charge on any atom is 0.181 e. The molecule has 85 heavy (non-hydrogen) atoms. The van der Waals surface area contributed by atoms with Gasteiger partial charge in [-0.15, -0.1) is 11.3 Å². The van der Waals surface area contributed by atoms with Crippen LogP contribution in [0.3, 0.4) is 0 Å². The quantitative estimate of drug-likeness (QED) is 0.0771. The second-order valence-corrected chi connectivity index (χ2v) is 27.7. The Morgan fingerprint density at radius 3 is 1.66 bits per heavy atom. The third-order valence-electron chi connectivity index (χ3n) is 18.3. The van der Waals surface area contributed by atoms with Gasteiger partial charge in [0.2, 0.25) is 0 Å². The van der Waals surface area contributed by atoms with Crippen LogP contribution in [-0.2, 0) is 6.42 Å². The standard InChI is InChI=1S/C82H55NSSi/c1-3-26-64(27-4-1)85(65-28-5-2-6-29-65,66-30-18-25-63(53-66)83-78-40-15-13-35-71(78)72-36-14-16-41-79(72)83)80-42-20-39-74-73-37-19-38-75(81(73)84-82(74)80)77-52-62(50-59-21-7-10-32-68(59)77)58-46-45-56-47-55(43-44-57(56)48-58)54-23-17-24-60(49-54)76-51-61-22-8-9-31-67(61)69-33-11-12-34-70(69)76/h1-15,17-40,42-53H,16,41H2. The highest BCUT2D eigenvalue weighted by molar-refractivity contribution is 7.31. The van der Waals surface area contributed by atoms with Gasteiger partial charge in [-0.05, 0) is 170 Å². The van der Waals surface area contributed by atoms with Crippen LogP contribution in [-0.4, -0.2) is 12.6 Å². The molecule has 0 amide bonds. The van der Waals surface area contributed by atoms with E-state index in [4.69, 9.17) is 0 Å². The molecule has 3 heteroatoms. The summed E-state index contributed by atoms with van der Waals surface area (Å²) >= 11 is 1.98. The summed E-state index contributed by atoms with van der Waals surface area (Å²) in [6, 6.07) is 112. The van der Waals surface area contributed by atoms with E-state index < -0.39 is 8.07 Å². The topological polar surface area (TPSA) is 4.93 Å². The number of thiophene rings is 1. The lowest BCUT2D eigenvalue weighted by Gasteiger charge is -2.35.